The largest absolute Gasteiger partial charge is 0.496 e. The molecule has 0 fully saturated rings. The van der Waals surface area contributed by atoms with Gasteiger partial charge in [0, 0.05) is 18.0 Å². The first-order chi connectivity index (χ1) is 9.84. The molecule has 21 heavy (non-hydrogen) atoms. The first-order valence-corrected chi connectivity index (χ1v) is 6.74. The summed E-state index contributed by atoms with van der Waals surface area (Å²) in [5, 5.41) is 0. The van der Waals surface area contributed by atoms with Gasteiger partial charge >= 0.3 is 6.18 Å². The van der Waals surface area contributed by atoms with E-state index in [1.54, 1.807) is 18.2 Å². The monoisotopic (exact) mass is 360 g/mol. The Morgan fingerprint density at radius 1 is 1.29 bits per heavy atom. The lowest BCUT2D eigenvalue weighted by atomic mass is 9.96. The average molecular weight is 361 g/mol. The van der Waals surface area contributed by atoms with Gasteiger partial charge in [-0.2, -0.15) is 13.2 Å². The van der Waals surface area contributed by atoms with Gasteiger partial charge < -0.3 is 10.5 Å². The summed E-state index contributed by atoms with van der Waals surface area (Å²) in [6.07, 6.45) is -2.23. The normalized spacial score (nSPS) is 13.0. The number of rotatable bonds is 3. The second-order valence-corrected chi connectivity index (χ2v) is 5.19. The van der Waals surface area contributed by atoms with Crippen LogP contribution in [0.25, 0.3) is 0 Å². The van der Waals surface area contributed by atoms with Crippen molar-refractivity contribution in [1.82, 2.24) is 4.98 Å². The molecule has 0 saturated heterocycles. The molecule has 1 unspecified atom stereocenters. The van der Waals surface area contributed by atoms with Crippen LogP contribution in [0.1, 0.15) is 22.7 Å². The van der Waals surface area contributed by atoms with Gasteiger partial charge in [0.15, 0.2) is 0 Å². The third-order valence-corrected chi connectivity index (χ3v) is 3.65. The van der Waals surface area contributed by atoms with Crippen molar-refractivity contribution in [2.75, 3.05) is 7.11 Å². The Hall–Kier alpha value is -1.60. The maximum atomic E-state index is 13.0. The van der Waals surface area contributed by atoms with Crippen LogP contribution < -0.4 is 10.5 Å². The molecule has 1 atom stereocenters. The average Bonchev–Trinajstić information content (AvgIpc) is 2.45. The molecule has 0 saturated carbocycles. The predicted octanol–water partition coefficient (Wildman–Crippen LogP) is 3.92. The Morgan fingerprint density at radius 2 is 2.00 bits per heavy atom. The summed E-state index contributed by atoms with van der Waals surface area (Å²) in [7, 11) is 1.50. The van der Waals surface area contributed by atoms with Gasteiger partial charge in [0.25, 0.3) is 0 Å². The van der Waals surface area contributed by atoms with E-state index in [2.05, 4.69) is 20.9 Å². The highest BCUT2D eigenvalue weighted by Crippen LogP contribution is 2.36. The van der Waals surface area contributed by atoms with Crippen molar-refractivity contribution in [3.05, 3.63) is 57.8 Å². The van der Waals surface area contributed by atoms with Gasteiger partial charge in [0.2, 0.25) is 0 Å². The van der Waals surface area contributed by atoms with Gasteiger partial charge in [-0.1, -0.05) is 6.07 Å². The highest BCUT2D eigenvalue weighted by atomic mass is 79.9. The lowest BCUT2D eigenvalue weighted by Gasteiger charge is -2.18. The molecule has 0 aliphatic carbocycles. The number of hydrogen-bond acceptors (Lipinski definition) is 3. The van der Waals surface area contributed by atoms with Crippen LogP contribution in [0.2, 0.25) is 0 Å². The third kappa shape index (κ3) is 3.36. The molecule has 1 aromatic heterocycles. The van der Waals surface area contributed by atoms with Crippen molar-refractivity contribution in [2.45, 2.75) is 12.2 Å². The van der Waals surface area contributed by atoms with E-state index in [-0.39, 0.29) is 5.56 Å². The molecular formula is C14H12BrF3N2O. The Labute approximate surface area is 128 Å². The maximum absolute atomic E-state index is 13.0. The fraction of sp³-hybridized carbons (Fsp3) is 0.214. The standard InChI is InChI=1S/C14H12BrF3N2O/c1-21-12-3-2-8(6-11(12)15)13(19)9-7-20-5-4-10(9)14(16,17)18/h2-7,13H,19H2,1H3. The fourth-order valence-corrected chi connectivity index (χ4v) is 2.53. The fourth-order valence-electron chi connectivity index (χ4n) is 1.97. The number of halogens is 4. The second kappa shape index (κ2) is 6.03. The zero-order valence-corrected chi connectivity index (χ0v) is 12.6. The molecule has 3 nitrogen and oxygen atoms in total. The lowest BCUT2D eigenvalue weighted by molar-refractivity contribution is -0.138. The zero-order chi connectivity index (χ0) is 15.6. The number of pyridine rings is 1. The molecule has 0 aliphatic rings. The predicted molar refractivity (Wildman–Crippen MR) is 76.0 cm³/mol. The number of hydrogen-bond donors (Lipinski definition) is 1. The second-order valence-electron chi connectivity index (χ2n) is 4.33. The first-order valence-electron chi connectivity index (χ1n) is 5.94. The van der Waals surface area contributed by atoms with Crippen LogP contribution in [0.3, 0.4) is 0 Å². The molecule has 2 aromatic rings. The topological polar surface area (TPSA) is 48.1 Å². The summed E-state index contributed by atoms with van der Waals surface area (Å²) in [5.74, 6) is 0.577. The van der Waals surface area contributed by atoms with E-state index in [0.717, 1.165) is 18.5 Å². The van der Waals surface area contributed by atoms with Gasteiger partial charge in [0.05, 0.1) is 23.2 Å². The van der Waals surface area contributed by atoms with E-state index in [1.165, 1.54) is 7.11 Å². The molecule has 1 aromatic carbocycles. The van der Waals surface area contributed by atoms with Gasteiger partial charge in [-0.3, -0.25) is 4.98 Å². The lowest BCUT2D eigenvalue weighted by Crippen LogP contribution is -2.18. The summed E-state index contributed by atoms with van der Waals surface area (Å²) in [6, 6.07) is 4.90. The maximum Gasteiger partial charge on any atom is 0.416 e. The minimum absolute atomic E-state index is 0.0675. The van der Waals surface area contributed by atoms with Gasteiger partial charge in [-0.15, -0.1) is 0 Å². The van der Waals surface area contributed by atoms with Crippen LogP contribution in [-0.2, 0) is 6.18 Å². The van der Waals surface area contributed by atoms with E-state index >= 15 is 0 Å². The Morgan fingerprint density at radius 3 is 2.57 bits per heavy atom. The van der Waals surface area contributed by atoms with Crippen LogP contribution in [0.5, 0.6) is 5.75 Å². The number of benzene rings is 1. The Bertz CT molecular complexity index is 646. The van der Waals surface area contributed by atoms with Crippen molar-refractivity contribution in [2.24, 2.45) is 5.73 Å². The molecule has 2 N–H and O–H groups in total. The zero-order valence-electron chi connectivity index (χ0n) is 11.0. The Balaban J connectivity index is 2.45. The molecule has 0 aliphatic heterocycles. The number of aromatic nitrogens is 1. The van der Waals surface area contributed by atoms with Crippen LogP contribution >= 0.6 is 15.9 Å². The SMILES string of the molecule is COc1ccc(C(N)c2cnccc2C(F)(F)F)cc1Br. The quantitative estimate of drug-likeness (QED) is 0.902. The van der Waals surface area contributed by atoms with E-state index in [4.69, 9.17) is 10.5 Å². The smallest absolute Gasteiger partial charge is 0.416 e. The van der Waals surface area contributed by atoms with Crippen LogP contribution in [0, 0.1) is 0 Å². The molecule has 112 valence electrons. The number of ether oxygens (including phenoxy) is 1. The van der Waals surface area contributed by atoms with Crippen molar-refractivity contribution < 1.29 is 17.9 Å². The number of nitrogens with two attached hydrogens (primary N) is 1. The van der Waals surface area contributed by atoms with E-state index in [9.17, 15) is 13.2 Å². The summed E-state index contributed by atoms with van der Waals surface area (Å²) in [4.78, 5) is 3.75. The summed E-state index contributed by atoms with van der Waals surface area (Å²) >= 11 is 3.29. The minimum atomic E-state index is -4.47. The number of methoxy groups -OCH3 is 1. The summed E-state index contributed by atoms with van der Waals surface area (Å²) in [6.45, 7) is 0. The van der Waals surface area contributed by atoms with Crippen molar-refractivity contribution in [3.8, 4) is 5.75 Å². The van der Waals surface area contributed by atoms with Crippen LogP contribution in [0.15, 0.2) is 41.1 Å². The molecule has 1 heterocycles. The molecule has 0 bridgehead atoms. The Kier molecular flexibility index (Phi) is 4.53. The van der Waals surface area contributed by atoms with E-state index in [0.29, 0.717) is 15.8 Å². The first kappa shape index (κ1) is 15.8. The van der Waals surface area contributed by atoms with Crippen molar-refractivity contribution in [3.63, 3.8) is 0 Å². The minimum Gasteiger partial charge on any atom is -0.496 e. The van der Waals surface area contributed by atoms with E-state index in [1.807, 2.05) is 0 Å². The highest BCUT2D eigenvalue weighted by molar-refractivity contribution is 9.10. The third-order valence-electron chi connectivity index (χ3n) is 3.03. The van der Waals surface area contributed by atoms with Gasteiger partial charge in [-0.25, -0.2) is 0 Å². The van der Waals surface area contributed by atoms with Gasteiger partial charge in [0.1, 0.15) is 5.75 Å². The number of nitrogens with zero attached hydrogens (tertiary/aromatic N) is 1. The summed E-state index contributed by atoms with van der Waals surface area (Å²) < 4.78 is 44.7. The molecular weight excluding hydrogens is 349 g/mol. The van der Waals surface area contributed by atoms with Crippen molar-refractivity contribution in [1.29, 1.82) is 0 Å². The van der Waals surface area contributed by atoms with E-state index < -0.39 is 17.8 Å². The van der Waals surface area contributed by atoms with Crippen molar-refractivity contribution >= 4 is 15.9 Å². The highest BCUT2D eigenvalue weighted by Gasteiger charge is 2.35. The van der Waals surface area contributed by atoms with Crippen LogP contribution in [0.4, 0.5) is 13.2 Å². The van der Waals surface area contributed by atoms with Crippen LogP contribution in [-0.4, -0.2) is 12.1 Å². The molecule has 7 heteroatoms. The molecule has 0 amide bonds. The number of alkyl halides is 3. The summed E-state index contributed by atoms with van der Waals surface area (Å²) in [5.41, 5.74) is 5.65. The molecule has 0 radical (unpaired) electrons. The molecule has 2 rings (SSSR count). The van der Waals surface area contributed by atoms with Gasteiger partial charge in [-0.05, 0) is 39.7 Å². The molecule has 0 spiro atoms.